The third-order valence-corrected chi connectivity index (χ3v) is 9.83. The fourth-order valence-electron chi connectivity index (χ4n) is 6.45. The Hall–Kier alpha value is -6.50. The van der Waals surface area contributed by atoms with Gasteiger partial charge in [-0.1, -0.05) is 0 Å². The number of unbranched alkanes of at least 4 members (excludes halogenated alkanes) is 4. The van der Waals surface area contributed by atoms with Crippen molar-refractivity contribution < 1.29 is 42.7 Å². The van der Waals surface area contributed by atoms with Crippen LogP contribution in [-0.2, 0) is 27.2 Å². The van der Waals surface area contributed by atoms with Gasteiger partial charge in [-0.05, 0) is 86.8 Å². The Bertz CT molecular complexity index is 1860. The molecule has 19 heteroatoms. The van der Waals surface area contributed by atoms with Crippen LogP contribution in [0, 0.1) is 0 Å². The highest BCUT2D eigenvalue weighted by Crippen LogP contribution is 2.40. The number of ether oxygens (including phenoxy) is 7. The molecule has 0 aliphatic rings. The van der Waals surface area contributed by atoms with E-state index in [0.29, 0.717) is 137 Å². The number of amides is 2. The Labute approximate surface area is 369 Å². The molecule has 0 radical (unpaired) electrons. The zero-order valence-electron chi connectivity index (χ0n) is 37.0. The Morgan fingerprint density at radius 3 is 1.24 bits per heavy atom. The van der Waals surface area contributed by atoms with Crippen LogP contribution < -0.4 is 62.0 Å². The number of aromatic nitrogens is 4. The van der Waals surface area contributed by atoms with Gasteiger partial charge in [0.15, 0.2) is 23.0 Å². The largest absolute Gasteiger partial charge is 0.493 e. The first-order valence-electron chi connectivity index (χ1n) is 21.1. The number of nitrogen functional groups attached to an aromatic ring is 4. The Kier molecular flexibility index (Phi) is 20.9. The maximum Gasteiger partial charge on any atom is 0.221 e. The van der Waals surface area contributed by atoms with Crippen LogP contribution in [0.4, 0.5) is 23.5 Å². The quantitative estimate of drug-likeness (QED) is 0.0396. The molecule has 0 spiro atoms. The molecular formula is C44H64N10O9. The van der Waals surface area contributed by atoms with Gasteiger partial charge < -0.3 is 66.7 Å². The fraction of sp³-hybridized carbons (Fsp3) is 0.500. The summed E-state index contributed by atoms with van der Waals surface area (Å²) in [6.07, 6.45) is 11.0. The number of nitrogens with two attached hydrogens (primary N) is 4. The first kappa shape index (κ1) is 49.2. The number of anilines is 4. The number of benzene rings is 2. The Morgan fingerprint density at radius 1 is 0.524 bits per heavy atom. The van der Waals surface area contributed by atoms with E-state index >= 15 is 0 Å². The fourth-order valence-corrected chi connectivity index (χ4v) is 6.45. The number of nitrogens with zero attached hydrogens (tertiary/aromatic N) is 4. The number of hydrogen-bond acceptors (Lipinski definition) is 17. The standard InChI is InChI=1S/C44H64N10O9/c1-57-33-23-29(21-31-27-51-43(47)53-41(31)45)24-34(58-2)39(33)62-19-9-5-13-37(55)49-15-7-11-17-61-18-12-8-16-50-38(56)14-6-10-20-63-40-35(59-3)25-30(26-36(40)60-4)22-32-28-52-44(48)54-42(32)46/h23-28H,5-22H2,1-4H3,(H,49,55)(H,50,56)(H4,45,47,51,53)(H4,46,48,52,54). The normalized spacial score (nSPS) is 10.9. The summed E-state index contributed by atoms with van der Waals surface area (Å²) < 4.78 is 40.1. The molecule has 2 heterocycles. The van der Waals surface area contributed by atoms with E-state index in [2.05, 4.69) is 30.6 Å². The van der Waals surface area contributed by atoms with Crippen molar-refractivity contribution in [3.63, 3.8) is 0 Å². The number of carbonyl (C=O) groups excluding carboxylic acids is 2. The predicted octanol–water partition coefficient (Wildman–Crippen LogP) is 4.42. The highest BCUT2D eigenvalue weighted by molar-refractivity contribution is 5.76. The van der Waals surface area contributed by atoms with Gasteiger partial charge in [-0.3, -0.25) is 9.59 Å². The van der Waals surface area contributed by atoms with Crippen molar-refractivity contribution in [3.8, 4) is 34.5 Å². The van der Waals surface area contributed by atoms with Crippen LogP contribution in [0.3, 0.4) is 0 Å². The summed E-state index contributed by atoms with van der Waals surface area (Å²) in [5, 5.41) is 5.95. The SMILES string of the molecule is COc1cc(Cc2cnc(N)nc2N)cc(OC)c1OCCCCC(=O)NCCCCOCCCCNC(=O)CCCCOc1c(OC)cc(Cc2cnc(N)nc2N)cc1OC. The molecule has 0 aliphatic carbocycles. The Balaban J connectivity index is 0.973. The first-order chi connectivity index (χ1) is 30.5. The van der Waals surface area contributed by atoms with Gasteiger partial charge in [0.1, 0.15) is 11.6 Å². The summed E-state index contributed by atoms with van der Waals surface area (Å²) >= 11 is 0. The van der Waals surface area contributed by atoms with Gasteiger partial charge >= 0.3 is 0 Å². The average molecular weight is 877 g/mol. The minimum Gasteiger partial charge on any atom is -0.493 e. The minimum absolute atomic E-state index is 0.00885. The van der Waals surface area contributed by atoms with Gasteiger partial charge in [0.05, 0.1) is 41.7 Å². The first-order valence-corrected chi connectivity index (χ1v) is 21.1. The van der Waals surface area contributed by atoms with E-state index in [1.54, 1.807) is 40.8 Å². The average Bonchev–Trinajstić information content (AvgIpc) is 3.27. The summed E-state index contributed by atoms with van der Waals surface area (Å²) in [5.74, 6) is 3.97. The number of hydrogen-bond donors (Lipinski definition) is 6. The zero-order valence-corrected chi connectivity index (χ0v) is 37.0. The van der Waals surface area contributed by atoms with E-state index in [4.69, 9.17) is 56.1 Å². The highest BCUT2D eigenvalue weighted by Gasteiger charge is 2.18. The van der Waals surface area contributed by atoms with Crippen LogP contribution in [0.5, 0.6) is 34.5 Å². The molecule has 0 saturated carbocycles. The van der Waals surface area contributed by atoms with Crippen molar-refractivity contribution >= 4 is 35.3 Å². The van der Waals surface area contributed by atoms with Crippen molar-refractivity contribution in [2.24, 2.45) is 0 Å². The summed E-state index contributed by atoms with van der Waals surface area (Å²) in [6, 6.07) is 7.43. The zero-order chi connectivity index (χ0) is 45.4. The second-order valence-electron chi connectivity index (χ2n) is 14.6. The van der Waals surface area contributed by atoms with Crippen LogP contribution in [-0.4, -0.2) is 99.7 Å². The topological polar surface area (TPSA) is 278 Å². The molecule has 4 rings (SSSR count). The molecule has 10 N–H and O–H groups in total. The van der Waals surface area contributed by atoms with Crippen molar-refractivity contribution in [1.82, 2.24) is 30.6 Å². The maximum atomic E-state index is 12.3. The molecule has 2 aromatic heterocycles. The van der Waals surface area contributed by atoms with Crippen LogP contribution >= 0.6 is 0 Å². The lowest BCUT2D eigenvalue weighted by molar-refractivity contribution is -0.122. The lowest BCUT2D eigenvalue weighted by Crippen LogP contribution is -2.24. The molecule has 0 unspecified atom stereocenters. The summed E-state index contributed by atoms with van der Waals surface area (Å²) in [6.45, 7) is 3.22. The number of carbonyl (C=O) groups is 2. The second kappa shape index (κ2) is 26.8. The molecule has 4 aromatic rings. The third kappa shape index (κ3) is 16.7. The second-order valence-corrected chi connectivity index (χ2v) is 14.6. The van der Waals surface area contributed by atoms with E-state index in [1.165, 1.54) is 0 Å². The molecule has 0 saturated heterocycles. The van der Waals surface area contributed by atoms with Crippen molar-refractivity contribution in [2.75, 3.05) is 90.9 Å². The van der Waals surface area contributed by atoms with Gasteiger partial charge in [-0.2, -0.15) is 9.97 Å². The van der Waals surface area contributed by atoms with Gasteiger partial charge in [-0.15, -0.1) is 0 Å². The van der Waals surface area contributed by atoms with E-state index in [-0.39, 0.29) is 23.7 Å². The Morgan fingerprint density at radius 2 is 0.889 bits per heavy atom. The number of rotatable bonds is 30. The van der Waals surface area contributed by atoms with Gasteiger partial charge in [0.25, 0.3) is 0 Å². The molecule has 0 bridgehead atoms. The number of methoxy groups -OCH3 is 4. The lowest BCUT2D eigenvalue weighted by Gasteiger charge is -2.16. The molecule has 0 atom stereocenters. The third-order valence-electron chi connectivity index (χ3n) is 9.83. The minimum atomic E-state index is 0.00885. The molecule has 344 valence electrons. The van der Waals surface area contributed by atoms with Gasteiger partial charge in [0, 0.05) is 75.5 Å². The molecule has 0 aliphatic heterocycles. The molecule has 0 fully saturated rings. The van der Waals surface area contributed by atoms with Crippen LogP contribution in [0.2, 0.25) is 0 Å². The lowest BCUT2D eigenvalue weighted by atomic mass is 10.1. The highest BCUT2D eigenvalue weighted by atomic mass is 16.5. The summed E-state index contributed by atoms with van der Waals surface area (Å²) in [5.41, 5.74) is 26.5. The molecule has 2 amide bonds. The molecular weight excluding hydrogens is 813 g/mol. The van der Waals surface area contributed by atoms with Crippen molar-refractivity contribution in [1.29, 1.82) is 0 Å². The predicted molar refractivity (Wildman–Crippen MR) is 240 cm³/mol. The summed E-state index contributed by atoms with van der Waals surface area (Å²) in [4.78, 5) is 40.8. The van der Waals surface area contributed by atoms with Gasteiger partial charge in [-0.25, -0.2) is 9.97 Å². The van der Waals surface area contributed by atoms with E-state index in [9.17, 15) is 9.59 Å². The molecule has 63 heavy (non-hydrogen) atoms. The van der Waals surface area contributed by atoms with Gasteiger partial charge in [0.2, 0.25) is 35.2 Å². The van der Waals surface area contributed by atoms with Crippen LogP contribution in [0.1, 0.15) is 86.5 Å². The van der Waals surface area contributed by atoms with Crippen molar-refractivity contribution in [2.45, 2.75) is 77.0 Å². The number of nitrogens with one attached hydrogen (secondary N) is 2. The van der Waals surface area contributed by atoms with E-state index in [1.807, 2.05) is 24.3 Å². The summed E-state index contributed by atoms with van der Waals surface area (Å²) in [7, 11) is 6.26. The molecule has 2 aromatic carbocycles. The molecule has 19 nitrogen and oxygen atoms in total. The van der Waals surface area contributed by atoms with Crippen LogP contribution in [0.15, 0.2) is 36.7 Å². The smallest absolute Gasteiger partial charge is 0.221 e. The monoisotopic (exact) mass is 876 g/mol. The van der Waals surface area contributed by atoms with Crippen molar-refractivity contribution in [3.05, 3.63) is 58.9 Å². The van der Waals surface area contributed by atoms with Crippen LogP contribution in [0.25, 0.3) is 0 Å². The maximum absolute atomic E-state index is 12.3. The van der Waals surface area contributed by atoms with E-state index in [0.717, 1.165) is 47.9 Å². The van der Waals surface area contributed by atoms with E-state index < -0.39 is 0 Å².